The van der Waals surface area contributed by atoms with Crippen LogP contribution in [0.4, 0.5) is 0 Å². The van der Waals surface area contributed by atoms with E-state index in [0.717, 1.165) is 12.8 Å². The second-order valence-electron chi connectivity index (χ2n) is 5.72. The summed E-state index contributed by atoms with van der Waals surface area (Å²) in [5.41, 5.74) is 1.64. The van der Waals surface area contributed by atoms with Gasteiger partial charge in [-0.25, -0.2) is 0 Å². The number of nitrogens with one attached hydrogen (secondary N) is 1. The molecule has 0 saturated carbocycles. The van der Waals surface area contributed by atoms with Crippen molar-refractivity contribution in [1.82, 2.24) is 10.2 Å². The lowest BCUT2D eigenvalue weighted by atomic mass is 9.98. The van der Waals surface area contributed by atoms with Gasteiger partial charge in [-0.15, -0.1) is 11.3 Å². The Morgan fingerprint density at radius 1 is 1.33 bits per heavy atom. The van der Waals surface area contributed by atoms with Crippen LogP contribution in [0.2, 0.25) is 5.02 Å². The molecule has 0 radical (unpaired) electrons. The van der Waals surface area contributed by atoms with Crippen LogP contribution in [-0.4, -0.2) is 29.8 Å². The Morgan fingerprint density at radius 2 is 2.12 bits per heavy atom. The lowest BCUT2D eigenvalue weighted by molar-refractivity contribution is -0.133. The van der Waals surface area contributed by atoms with Crippen molar-refractivity contribution in [3.8, 4) is 0 Å². The first-order valence-corrected chi connectivity index (χ1v) is 9.26. The summed E-state index contributed by atoms with van der Waals surface area (Å²) >= 11 is 7.77. The predicted molar refractivity (Wildman–Crippen MR) is 96.6 cm³/mol. The molecule has 0 unspecified atom stereocenters. The van der Waals surface area contributed by atoms with Gasteiger partial charge in [0, 0.05) is 11.4 Å². The first kappa shape index (κ1) is 17.0. The monoisotopic (exact) mass is 362 g/mol. The fraction of sp³-hybridized carbons (Fsp3) is 0.333. The molecule has 0 aliphatic carbocycles. The van der Waals surface area contributed by atoms with Gasteiger partial charge in [0.2, 0.25) is 5.91 Å². The zero-order chi connectivity index (χ0) is 17.1. The van der Waals surface area contributed by atoms with Crippen molar-refractivity contribution in [2.75, 3.05) is 13.1 Å². The molecular weight excluding hydrogens is 344 g/mol. The van der Waals surface area contributed by atoms with Crippen LogP contribution in [0.25, 0.3) is 0 Å². The van der Waals surface area contributed by atoms with Crippen LogP contribution in [0.3, 0.4) is 0 Å². The summed E-state index contributed by atoms with van der Waals surface area (Å²) in [5, 5.41) is 5.16. The number of benzene rings is 1. The van der Waals surface area contributed by atoms with Gasteiger partial charge in [0.1, 0.15) is 0 Å². The SMILES string of the molecule is CC[C@H]1c2ccsc2CCN1C(=O)CNC(=O)c1ccccc1Cl. The Morgan fingerprint density at radius 3 is 2.88 bits per heavy atom. The molecule has 1 N–H and O–H groups in total. The van der Waals surface area contributed by atoms with Crippen molar-refractivity contribution < 1.29 is 9.59 Å². The average Bonchev–Trinajstić information content (AvgIpc) is 3.07. The lowest BCUT2D eigenvalue weighted by Gasteiger charge is -2.35. The summed E-state index contributed by atoms with van der Waals surface area (Å²) in [4.78, 5) is 28.0. The number of nitrogens with zero attached hydrogens (tertiary/aromatic N) is 1. The zero-order valence-corrected chi connectivity index (χ0v) is 15.0. The number of carbonyl (C=O) groups excluding carboxylic acids is 2. The van der Waals surface area contributed by atoms with E-state index in [1.165, 1.54) is 10.4 Å². The van der Waals surface area contributed by atoms with Crippen molar-refractivity contribution in [1.29, 1.82) is 0 Å². The van der Waals surface area contributed by atoms with Gasteiger partial charge in [0.15, 0.2) is 0 Å². The molecule has 2 heterocycles. The Balaban J connectivity index is 1.65. The first-order valence-electron chi connectivity index (χ1n) is 8.00. The summed E-state index contributed by atoms with van der Waals surface area (Å²) in [5.74, 6) is -0.380. The Labute approximate surface area is 150 Å². The van der Waals surface area contributed by atoms with Crippen LogP contribution in [0.5, 0.6) is 0 Å². The van der Waals surface area contributed by atoms with Crippen molar-refractivity contribution >= 4 is 34.8 Å². The maximum Gasteiger partial charge on any atom is 0.253 e. The van der Waals surface area contributed by atoms with E-state index in [4.69, 9.17) is 11.6 Å². The van der Waals surface area contributed by atoms with Crippen LogP contribution < -0.4 is 5.32 Å². The third kappa shape index (κ3) is 3.32. The van der Waals surface area contributed by atoms with Crippen LogP contribution in [0.1, 0.15) is 40.2 Å². The summed E-state index contributed by atoms with van der Waals surface area (Å²) in [7, 11) is 0. The molecule has 6 heteroatoms. The van der Waals surface area contributed by atoms with Gasteiger partial charge in [-0.2, -0.15) is 0 Å². The molecule has 1 aromatic heterocycles. The highest BCUT2D eigenvalue weighted by molar-refractivity contribution is 7.10. The number of hydrogen-bond acceptors (Lipinski definition) is 3. The Kier molecular flexibility index (Phi) is 5.21. The maximum absolute atomic E-state index is 12.6. The van der Waals surface area contributed by atoms with Gasteiger partial charge in [-0.1, -0.05) is 30.7 Å². The number of hydrogen-bond donors (Lipinski definition) is 1. The van der Waals surface area contributed by atoms with Crippen LogP contribution in [0.15, 0.2) is 35.7 Å². The highest BCUT2D eigenvalue weighted by Gasteiger charge is 2.30. The van der Waals surface area contributed by atoms with Gasteiger partial charge in [0.05, 0.1) is 23.2 Å². The molecule has 0 spiro atoms. The molecule has 1 aliphatic heterocycles. The standard InChI is InChI=1S/C18H19ClN2O2S/c1-2-15-13-8-10-24-16(13)7-9-21(15)17(22)11-20-18(23)12-5-3-4-6-14(12)19/h3-6,8,10,15H,2,7,9,11H2,1H3,(H,20,23)/t15-/m0/s1. The number of amides is 2. The summed E-state index contributed by atoms with van der Waals surface area (Å²) < 4.78 is 0. The van der Waals surface area contributed by atoms with Gasteiger partial charge in [-0.3, -0.25) is 9.59 Å². The molecule has 3 rings (SSSR count). The van der Waals surface area contributed by atoms with E-state index in [0.29, 0.717) is 17.1 Å². The van der Waals surface area contributed by atoms with E-state index in [1.807, 2.05) is 4.90 Å². The number of halogens is 1. The van der Waals surface area contributed by atoms with E-state index in [1.54, 1.807) is 35.6 Å². The van der Waals surface area contributed by atoms with Gasteiger partial charge in [0.25, 0.3) is 5.91 Å². The quantitative estimate of drug-likeness (QED) is 0.902. The van der Waals surface area contributed by atoms with Crippen LogP contribution in [0, 0.1) is 0 Å². The minimum Gasteiger partial charge on any atom is -0.343 e. The van der Waals surface area contributed by atoms with E-state index in [-0.39, 0.29) is 24.4 Å². The van der Waals surface area contributed by atoms with Crippen molar-refractivity contribution in [2.24, 2.45) is 0 Å². The van der Waals surface area contributed by atoms with Gasteiger partial charge >= 0.3 is 0 Å². The Bertz CT molecular complexity index is 759. The molecule has 1 aromatic carbocycles. The van der Waals surface area contributed by atoms with Crippen molar-refractivity contribution in [2.45, 2.75) is 25.8 Å². The minimum absolute atomic E-state index is 0.0139. The largest absolute Gasteiger partial charge is 0.343 e. The molecule has 126 valence electrons. The second-order valence-corrected chi connectivity index (χ2v) is 7.13. The molecule has 2 amide bonds. The van der Waals surface area contributed by atoms with Crippen molar-refractivity contribution in [3.05, 3.63) is 56.7 Å². The molecular formula is C18H19ClN2O2S. The highest BCUT2D eigenvalue weighted by atomic mass is 35.5. The van der Waals surface area contributed by atoms with Gasteiger partial charge in [-0.05, 0) is 42.0 Å². The number of thiophene rings is 1. The first-order chi connectivity index (χ1) is 11.6. The number of carbonyl (C=O) groups is 2. The fourth-order valence-electron chi connectivity index (χ4n) is 3.13. The maximum atomic E-state index is 12.6. The topological polar surface area (TPSA) is 49.4 Å². The Hall–Kier alpha value is -1.85. The van der Waals surface area contributed by atoms with Gasteiger partial charge < -0.3 is 10.2 Å². The van der Waals surface area contributed by atoms with Crippen molar-refractivity contribution in [3.63, 3.8) is 0 Å². The summed E-state index contributed by atoms with van der Waals surface area (Å²) in [6, 6.07) is 9.03. The minimum atomic E-state index is -0.324. The number of rotatable bonds is 4. The average molecular weight is 363 g/mol. The molecule has 4 nitrogen and oxygen atoms in total. The van der Waals surface area contributed by atoms with E-state index in [2.05, 4.69) is 23.7 Å². The zero-order valence-electron chi connectivity index (χ0n) is 13.4. The molecule has 24 heavy (non-hydrogen) atoms. The van der Waals surface area contributed by atoms with Crippen LogP contribution >= 0.6 is 22.9 Å². The molecule has 0 saturated heterocycles. The molecule has 2 aromatic rings. The van der Waals surface area contributed by atoms with Crippen LogP contribution in [-0.2, 0) is 11.2 Å². The smallest absolute Gasteiger partial charge is 0.253 e. The number of fused-ring (bicyclic) bond motifs is 1. The van der Waals surface area contributed by atoms with E-state index >= 15 is 0 Å². The molecule has 1 atom stereocenters. The van der Waals surface area contributed by atoms with E-state index in [9.17, 15) is 9.59 Å². The second kappa shape index (κ2) is 7.36. The predicted octanol–water partition coefficient (Wildman–Crippen LogP) is 3.67. The molecule has 0 fully saturated rings. The molecule has 0 bridgehead atoms. The van der Waals surface area contributed by atoms with E-state index < -0.39 is 0 Å². The highest BCUT2D eigenvalue weighted by Crippen LogP contribution is 2.35. The fourth-order valence-corrected chi connectivity index (χ4v) is 4.28. The third-order valence-electron chi connectivity index (χ3n) is 4.32. The summed E-state index contributed by atoms with van der Waals surface area (Å²) in [6.45, 7) is 2.77. The summed E-state index contributed by atoms with van der Waals surface area (Å²) in [6.07, 6.45) is 1.75. The molecule has 1 aliphatic rings. The normalized spacial score (nSPS) is 16.6. The third-order valence-corrected chi connectivity index (χ3v) is 5.65. The lowest BCUT2D eigenvalue weighted by Crippen LogP contribution is -2.44.